The van der Waals surface area contributed by atoms with Crippen molar-refractivity contribution in [2.24, 2.45) is 0 Å². The third-order valence-corrected chi connectivity index (χ3v) is 5.42. The van der Waals surface area contributed by atoms with Crippen LogP contribution in [0.15, 0.2) is 42.5 Å². The molecule has 1 saturated heterocycles. The van der Waals surface area contributed by atoms with Crippen molar-refractivity contribution < 1.29 is 9.84 Å². The second-order valence-electron chi connectivity index (χ2n) is 6.93. The van der Waals surface area contributed by atoms with E-state index in [9.17, 15) is 5.26 Å². The van der Waals surface area contributed by atoms with Gasteiger partial charge in [-0.15, -0.1) is 0 Å². The van der Waals surface area contributed by atoms with Crippen molar-refractivity contribution in [3.8, 4) is 22.9 Å². The van der Waals surface area contributed by atoms with Crippen LogP contribution in [-0.4, -0.2) is 61.3 Å². The number of hydrogen-bond acceptors (Lipinski definition) is 5. The normalized spacial score (nSPS) is 16.7. The molecule has 1 aliphatic heterocycles. The zero-order valence-corrected chi connectivity index (χ0v) is 16.1. The van der Waals surface area contributed by atoms with Gasteiger partial charge in [-0.3, -0.25) is 9.80 Å². The summed E-state index contributed by atoms with van der Waals surface area (Å²) in [5, 5.41) is 18.4. The molecule has 0 radical (unpaired) electrons. The molecule has 2 aromatic carbocycles. The fraction of sp³-hybridized carbons (Fsp3) is 0.409. The topological polar surface area (TPSA) is 59.7 Å². The molecule has 3 rings (SSSR count). The number of methoxy groups -OCH3 is 1. The van der Waals surface area contributed by atoms with Gasteiger partial charge in [0.2, 0.25) is 0 Å². The van der Waals surface area contributed by atoms with Gasteiger partial charge in [-0.2, -0.15) is 5.26 Å². The Morgan fingerprint density at radius 1 is 1.07 bits per heavy atom. The molecule has 0 amide bonds. The summed E-state index contributed by atoms with van der Waals surface area (Å²) in [4.78, 5) is 4.80. The zero-order valence-electron chi connectivity index (χ0n) is 16.1. The lowest BCUT2D eigenvalue weighted by atomic mass is 9.99. The van der Waals surface area contributed by atoms with Crippen LogP contribution < -0.4 is 4.74 Å². The van der Waals surface area contributed by atoms with E-state index < -0.39 is 0 Å². The van der Waals surface area contributed by atoms with Crippen LogP contribution in [0.5, 0.6) is 5.75 Å². The Morgan fingerprint density at radius 2 is 1.74 bits per heavy atom. The van der Waals surface area contributed by atoms with Crippen LogP contribution in [-0.2, 0) is 0 Å². The fourth-order valence-electron chi connectivity index (χ4n) is 3.66. The highest BCUT2D eigenvalue weighted by molar-refractivity contribution is 5.67. The second kappa shape index (κ2) is 9.01. The van der Waals surface area contributed by atoms with E-state index in [2.05, 4.69) is 47.1 Å². The smallest absolute Gasteiger partial charge is 0.136 e. The number of ether oxygens (including phenoxy) is 1. The predicted molar refractivity (Wildman–Crippen MR) is 107 cm³/mol. The van der Waals surface area contributed by atoms with Crippen molar-refractivity contribution in [3.05, 3.63) is 53.6 Å². The van der Waals surface area contributed by atoms with Gasteiger partial charge in [0.15, 0.2) is 0 Å². The zero-order chi connectivity index (χ0) is 19.2. The van der Waals surface area contributed by atoms with E-state index in [-0.39, 0.29) is 6.61 Å². The van der Waals surface area contributed by atoms with Crippen molar-refractivity contribution >= 4 is 0 Å². The molecule has 2 aromatic rings. The molecule has 1 aliphatic rings. The molecule has 0 saturated carbocycles. The van der Waals surface area contributed by atoms with Gasteiger partial charge in [0, 0.05) is 38.8 Å². The van der Waals surface area contributed by atoms with Crippen LogP contribution in [0.3, 0.4) is 0 Å². The fourth-order valence-corrected chi connectivity index (χ4v) is 3.66. The molecule has 0 aliphatic carbocycles. The Hall–Kier alpha value is -2.39. The summed E-state index contributed by atoms with van der Waals surface area (Å²) in [5.74, 6) is 0.604. The third-order valence-electron chi connectivity index (χ3n) is 5.42. The van der Waals surface area contributed by atoms with Gasteiger partial charge in [0.05, 0.1) is 19.3 Å². The number of benzene rings is 2. The van der Waals surface area contributed by atoms with E-state index in [0.29, 0.717) is 17.4 Å². The Morgan fingerprint density at radius 3 is 2.33 bits per heavy atom. The molecule has 1 fully saturated rings. The highest BCUT2D eigenvalue weighted by atomic mass is 16.5. The van der Waals surface area contributed by atoms with E-state index in [4.69, 9.17) is 9.84 Å². The number of aliphatic hydroxyl groups excluding tert-OH is 1. The molecule has 27 heavy (non-hydrogen) atoms. The molecule has 142 valence electrons. The Bertz CT molecular complexity index is 790. The number of β-amino-alcohol motifs (C(OH)–C–C–N with tert-alkyl or cyclic N) is 1. The van der Waals surface area contributed by atoms with Gasteiger partial charge in [-0.05, 0) is 35.7 Å². The molecular formula is C22H27N3O2. The van der Waals surface area contributed by atoms with Crippen molar-refractivity contribution in [2.75, 3.05) is 46.4 Å². The van der Waals surface area contributed by atoms with Crippen LogP contribution in [0.25, 0.3) is 11.1 Å². The summed E-state index contributed by atoms with van der Waals surface area (Å²) in [5.41, 5.74) is 3.96. The van der Waals surface area contributed by atoms with Crippen molar-refractivity contribution in [1.82, 2.24) is 9.80 Å². The summed E-state index contributed by atoms with van der Waals surface area (Å²) in [6, 6.07) is 16.9. The first-order chi connectivity index (χ1) is 13.2. The number of hydrogen-bond donors (Lipinski definition) is 1. The van der Waals surface area contributed by atoms with E-state index in [0.717, 1.165) is 43.9 Å². The van der Waals surface area contributed by atoms with Crippen LogP contribution in [0.1, 0.15) is 24.1 Å². The van der Waals surface area contributed by atoms with E-state index in [1.54, 1.807) is 7.11 Å². The summed E-state index contributed by atoms with van der Waals surface area (Å²) in [7, 11) is 1.58. The highest BCUT2D eigenvalue weighted by Gasteiger charge is 2.21. The maximum atomic E-state index is 9.28. The Labute approximate surface area is 161 Å². The Balaban J connectivity index is 1.69. The van der Waals surface area contributed by atoms with Gasteiger partial charge in [0.1, 0.15) is 11.8 Å². The lowest BCUT2D eigenvalue weighted by Crippen LogP contribution is -2.47. The number of aliphatic hydroxyl groups is 1. The van der Waals surface area contributed by atoms with Crippen molar-refractivity contribution in [1.29, 1.82) is 5.26 Å². The van der Waals surface area contributed by atoms with E-state index >= 15 is 0 Å². The monoisotopic (exact) mass is 365 g/mol. The average Bonchev–Trinajstić information content (AvgIpc) is 2.73. The summed E-state index contributed by atoms with van der Waals surface area (Å²) < 4.78 is 5.22. The number of piperazine rings is 1. The number of nitriles is 1. The predicted octanol–water partition coefficient (Wildman–Crippen LogP) is 2.90. The lowest BCUT2D eigenvalue weighted by molar-refractivity contribution is 0.0888. The maximum absolute atomic E-state index is 9.28. The minimum atomic E-state index is 0.232. The standard InChI is InChI=1S/C22H27N3O2/c1-17(25-11-9-24(10-12-25)13-14-26)18-3-5-19(6-4-18)20-7-8-22(27-2)21(15-20)16-23/h3-8,15,17,26H,9-14H2,1-2H3. The molecule has 1 heterocycles. The quantitative estimate of drug-likeness (QED) is 0.853. The average molecular weight is 365 g/mol. The summed E-state index contributed by atoms with van der Waals surface area (Å²) >= 11 is 0. The molecule has 5 nitrogen and oxygen atoms in total. The first-order valence-electron chi connectivity index (χ1n) is 9.42. The van der Waals surface area contributed by atoms with Crippen molar-refractivity contribution in [2.45, 2.75) is 13.0 Å². The maximum Gasteiger partial charge on any atom is 0.136 e. The molecule has 1 atom stereocenters. The van der Waals surface area contributed by atoms with Crippen LogP contribution in [0.2, 0.25) is 0 Å². The second-order valence-corrected chi connectivity index (χ2v) is 6.93. The molecule has 0 aromatic heterocycles. The van der Waals surface area contributed by atoms with Gasteiger partial charge in [0.25, 0.3) is 0 Å². The highest BCUT2D eigenvalue weighted by Crippen LogP contribution is 2.28. The van der Waals surface area contributed by atoms with E-state index in [1.807, 2.05) is 18.2 Å². The van der Waals surface area contributed by atoms with Crippen LogP contribution in [0, 0.1) is 11.3 Å². The third kappa shape index (κ3) is 4.48. The molecule has 5 heteroatoms. The van der Waals surface area contributed by atoms with Gasteiger partial charge < -0.3 is 9.84 Å². The Kier molecular flexibility index (Phi) is 6.46. The molecule has 0 spiro atoms. The first kappa shape index (κ1) is 19.4. The van der Waals surface area contributed by atoms with Crippen molar-refractivity contribution in [3.63, 3.8) is 0 Å². The minimum absolute atomic E-state index is 0.232. The number of nitrogens with zero attached hydrogens (tertiary/aromatic N) is 3. The number of rotatable bonds is 6. The molecule has 0 bridgehead atoms. The van der Waals surface area contributed by atoms with Gasteiger partial charge >= 0.3 is 0 Å². The minimum Gasteiger partial charge on any atom is -0.495 e. The largest absolute Gasteiger partial charge is 0.495 e. The van der Waals surface area contributed by atoms with E-state index in [1.165, 1.54) is 5.56 Å². The summed E-state index contributed by atoms with van der Waals surface area (Å²) in [6.07, 6.45) is 0. The molecule has 1 unspecified atom stereocenters. The van der Waals surface area contributed by atoms with Crippen LogP contribution >= 0.6 is 0 Å². The van der Waals surface area contributed by atoms with Gasteiger partial charge in [-0.25, -0.2) is 0 Å². The lowest BCUT2D eigenvalue weighted by Gasteiger charge is -2.38. The summed E-state index contributed by atoms with van der Waals surface area (Å²) in [6.45, 7) is 7.30. The molecular weight excluding hydrogens is 338 g/mol. The molecule has 1 N–H and O–H groups in total. The van der Waals surface area contributed by atoms with Crippen LogP contribution in [0.4, 0.5) is 0 Å². The van der Waals surface area contributed by atoms with Gasteiger partial charge in [-0.1, -0.05) is 30.3 Å². The first-order valence-corrected chi connectivity index (χ1v) is 9.42. The SMILES string of the molecule is COc1ccc(-c2ccc(C(C)N3CCN(CCO)CC3)cc2)cc1C#N.